The van der Waals surface area contributed by atoms with Gasteiger partial charge in [-0.25, -0.2) is 5.43 Å². The first-order valence-electron chi connectivity index (χ1n) is 6.52. The van der Waals surface area contributed by atoms with E-state index in [-0.39, 0.29) is 12.1 Å². The lowest BCUT2D eigenvalue weighted by atomic mass is 10.0. The minimum absolute atomic E-state index is 0.151. The fourth-order valence-electron chi connectivity index (χ4n) is 2.25. The van der Waals surface area contributed by atoms with Crippen LogP contribution < -0.4 is 16.0 Å². The van der Waals surface area contributed by atoms with E-state index in [1.54, 1.807) is 31.5 Å². The summed E-state index contributed by atoms with van der Waals surface area (Å²) in [6, 6.07) is 5.03. The quantitative estimate of drug-likeness (QED) is 0.652. The topological polar surface area (TPSA) is 65.1 Å². The van der Waals surface area contributed by atoms with Gasteiger partial charge in [-0.1, -0.05) is 23.2 Å². The fourth-order valence-corrected chi connectivity index (χ4v) is 2.66. The second-order valence-electron chi connectivity index (χ2n) is 4.90. The molecule has 1 aromatic heterocycles. The zero-order valence-corrected chi connectivity index (χ0v) is 13.6. The molecule has 0 aliphatic rings. The van der Waals surface area contributed by atoms with Crippen LogP contribution in [0.15, 0.2) is 24.4 Å². The molecule has 5 nitrogen and oxygen atoms in total. The molecular formula is C14H18Cl2N4O. The first-order chi connectivity index (χ1) is 9.99. The third kappa shape index (κ3) is 3.16. The Kier molecular flexibility index (Phi) is 5.11. The van der Waals surface area contributed by atoms with Crippen LogP contribution in [-0.2, 0) is 0 Å². The van der Waals surface area contributed by atoms with Crippen molar-refractivity contribution in [3.05, 3.63) is 45.7 Å². The summed E-state index contributed by atoms with van der Waals surface area (Å²) in [5.41, 5.74) is 4.35. The number of hydrogen-bond acceptors (Lipinski definition) is 4. The predicted octanol–water partition coefficient (Wildman–Crippen LogP) is 3.33. The summed E-state index contributed by atoms with van der Waals surface area (Å²) in [5.74, 6) is 6.40. The molecule has 2 rings (SSSR count). The van der Waals surface area contributed by atoms with Crippen molar-refractivity contribution in [2.24, 2.45) is 5.84 Å². The second-order valence-corrected chi connectivity index (χ2v) is 5.75. The number of benzene rings is 1. The number of aromatic nitrogens is 2. The lowest BCUT2D eigenvalue weighted by molar-refractivity contribution is 0.394. The van der Waals surface area contributed by atoms with Gasteiger partial charge in [-0.15, -0.1) is 0 Å². The maximum atomic E-state index is 6.29. The van der Waals surface area contributed by atoms with Gasteiger partial charge >= 0.3 is 0 Å². The van der Waals surface area contributed by atoms with E-state index in [9.17, 15) is 0 Å². The van der Waals surface area contributed by atoms with Gasteiger partial charge in [-0.2, -0.15) is 5.10 Å². The predicted molar refractivity (Wildman–Crippen MR) is 84.8 cm³/mol. The van der Waals surface area contributed by atoms with E-state index in [2.05, 4.69) is 10.5 Å². The summed E-state index contributed by atoms with van der Waals surface area (Å²) in [4.78, 5) is 0. The minimum Gasteiger partial charge on any atom is -0.493 e. The molecule has 0 spiro atoms. The summed E-state index contributed by atoms with van der Waals surface area (Å²) in [5, 5.41) is 5.51. The molecule has 1 heterocycles. The summed E-state index contributed by atoms with van der Waals surface area (Å²) in [6.45, 7) is 4.06. The molecule has 0 aliphatic heterocycles. The van der Waals surface area contributed by atoms with Crippen molar-refractivity contribution in [3.63, 3.8) is 0 Å². The van der Waals surface area contributed by atoms with Crippen molar-refractivity contribution >= 4 is 23.2 Å². The lowest BCUT2D eigenvalue weighted by Gasteiger charge is -2.22. The Bertz CT molecular complexity index is 627. The highest BCUT2D eigenvalue weighted by Gasteiger charge is 2.25. The molecule has 0 aliphatic carbocycles. The number of hydrazine groups is 1. The molecule has 1 aromatic carbocycles. The number of methoxy groups -OCH3 is 1. The van der Waals surface area contributed by atoms with E-state index in [1.807, 2.05) is 18.5 Å². The summed E-state index contributed by atoms with van der Waals surface area (Å²) < 4.78 is 7.24. The number of halogens is 2. The zero-order valence-electron chi connectivity index (χ0n) is 12.1. The molecule has 1 unspecified atom stereocenters. The Morgan fingerprint density at radius 3 is 2.62 bits per heavy atom. The molecule has 1 atom stereocenters. The second kappa shape index (κ2) is 6.66. The normalized spacial score (nSPS) is 12.7. The Morgan fingerprint density at radius 2 is 2.05 bits per heavy atom. The van der Waals surface area contributed by atoms with Gasteiger partial charge in [-0.3, -0.25) is 10.5 Å². The van der Waals surface area contributed by atoms with E-state index in [4.69, 9.17) is 33.8 Å². The van der Waals surface area contributed by atoms with Gasteiger partial charge in [0.15, 0.2) is 5.75 Å². The number of nitrogens with two attached hydrogens (primary N) is 1. The number of ether oxygens (including phenoxy) is 1. The minimum atomic E-state index is -0.379. The Labute approximate surface area is 134 Å². The lowest BCUT2D eigenvalue weighted by Crippen LogP contribution is -2.31. The van der Waals surface area contributed by atoms with Crippen molar-refractivity contribution in [3.8, 4) is 5.75 Å². The van der Waals surface area contributed by atoms with Crippen LogP contribution in [0.5, 0.6) is 5.75 Å². The Hall–Kier alpha value is -1.27. The van der Waals surface area contributed by atoms with Crippen molar-refractivity contribution in [2.45, 2.75) is 25.9 Å². The molecule has 3 N–H and O–H groups in total. The molecule has 114 valence electrons. The third-order valence-electron chi connectivity index (χ3n) is 3.22. The average molecular weight is 329 g/mol. The van der Waals surface area contributed by atoms with Crippen molar-refractivity contribution in [1.29, 1.82) is 0 Å². The van der Waals surface area contributed by atoms with Crippen LogP contribution in [0.25, 0.3) is 0 Å². The van der Waals surface area contributed by atoms with Gasteiger partial charge in [0, 0.05) is 16.1 Å². The molecule has 21 heavy (non-hydrogen) atoms. The van der Waals surface area contributed by atoms with Crippen molar-refractivity contribution < 1.29 is 4.74 Å². The van der Waals surface area contributed by atoms with Crippen molar-refractivity contribution in [1.82, 2.24) is 15.2 Å². The molecular weight excluding hydrogens is 311 g/mol. The number of nitrogens with zero attached hydrogens (tertiary/aromatic N) is 2. The first-order valence-corrected chi connectivity index (χ1v) is 7.27. The number of nitrogens with one attached hydrogen (secondary N) is 1. The SMILES string of the molecule is COc1cnn(C(C)C)c1C(NN)c1cc(Cl)ccc1Cl. The Balaban J connectivity index is 2.61. The maximum Gasteiger partial charge on any atom is 0.161 e. The standard InChI is InChI=1S/C14H18Cl2N4O/c1-8(2)20-14(12(21-3)7-18-20)13(19-17)10-6-9(15)4-5-11(10)16/h4-8,13,19H,17H2,1-3H3. The first kappa shape index (κ1) is 16.1. The fraction of sp³-hybridized carbons (Fsp3) is 0.357. The van der Waals surface area contributed by atoms with Gasteiger partial charge in [0.1, 0.15) is 5.69 Å². The number of rotatable bonds is 5. The van der Waals surface area contributed by atoms with Crippen LogP contribution in [0.2, 0.25) is 10.0 Å². The van der Waals surface area contributed by atoms with Crippen LogP contribution in [-0.4, -0.2) is 16.9 Å². The highest BCUT2D eigenvalue weighted by atomic mass is 35.5. The van der Waals surface area contributed by atoms with E-state index < -0.39 is 0 Å². The molecule has 0 fully saturated rings. The summed E-state index contributed by atoms with van der Waals surface area (Å²) >= 11 is 12.4. The van der Waals surface area contributed by atoms with E-state index in [1.165, 1.54) is 0 Å². The summed E-state index contributed by atoms with van der Waals surface area (Å²) in [7, 11) is 1.60. The van der Waals surface area contributed by atoms with Crippen LogP contribution in [0.3, 0.4) is 0 Å². The summed E-state index contributed by atoms with van der Waals surface area (Å²) in [6.07, 6.45) is 1.66. The molecule has 0 bridgehead atoms. The maximum absolute atomic E-state index is 6.29. The molecule has 0 saturated carbocycles. The molecule has 7 heteroatoms. The molecule has 0 amide bonds. The van der Waals surface area contributed by atoms with Crippen LogP contribution in [0.4, 0.5) is 0 Å². The van der Waals surface area contributed by atoms with Gasteiger partial charge in [0.25, 0.3) is 0 Å². The highest BCUT2D eigenvalue weighted by Crippen LogP contribution is 2.35. The van der Waals surface area contributed by atoms with Crippen molar-refractivity contribution in [2.75, 3.05) is 7.11 Å². The van der Waals surface area contributed by atoms with E-state index in [0.29, 0.717) is 15.8 Å². The monoisotopic (exact) mass is 328 g/mol. The van der Waals surface area contributed by atoms with Crippen LogP contribution >= 0.6 is 23.2 Å². The largest absolute Gasteiger partial charge is 0.493 e. The van der Waals surface area contributed by atoms with Gasteiger partial charge in [-0.05, 0) is 37.6 Å². The van der Waals surface area contributed by atoms with Crippen LogP contribution in [0.1, 0.15) is 37.2 Å². The number of hydrogen-bond donors (Lipinski definition) is 2. The molecule has 0 radical (unpaired) electrons. The zero-order chi connectivity index (χ0) is 15.6. The Morgan fingerprint density at radius 1 is 1.33 bits per heavy atom. The third-order valence-corrected chi connectivity index (χ3v) is 3.80. The molecule has 2 aromatic rings. The van der Waals surface area contributed by atoms with Gasteiger partial charge < -0.3 is 4.74 Å². The highest BCUT2D eigenvalue weighted by molar-refractivity contribution is 6.33. The van der Waals surface area contributed by atoms with Gasteiger partial charge in [0.2, 0.25) is 0 Å². The van der Waals surface area contributed by atoms with E-state index in [0.717, 1.165) is 11.3 Å². The average Bonchev–Trinajstić information content (AvgIpc) is 2.87. The van der Waals surface area contributed by atoms with Crippen LogP contribution in [0, 0.1) is 0 Å². The molecule has 0 saturated heterocycles. The van der Waals surface area contributed by atoms with Gasteiger partial charge in [0.05, 0.1) is 19.3 Å². The smallest absolute Gasteiger partial charge is 0.161 e. The van der Waals surface area contributed by atoms with E-state index >= 15 is 0 Å².